The number of carbonyl (C=O) groups excluding carboxylic acids is 1. The van der Waals surface area contributed by atoms with E-state index in [1.54, 1.807) is 18.3 Å². The quantitative estimate of drug-likeness (QED) is 0.823. The molecule has 0 aliphatic heterocycles. The third kappa shape index (κ3) is 3.88. The van der Waals surface area contributed by atoms with Crippen molar-refractivity contribution in [2.24, 2.45) is 5.73 Å². The summed E-state index contributed by atoms with van der Waals surface area (Å²) >= 11 is 0. The van der Waals surface area contributed by atoms with E-state index in [2.05, 4.69) is 27.4 Å². The first-order valence-electron chi connectivity index (χ1n) is 6.55. The second-order valence-electron chi connectivity index (χ2n) is 4.38. The van der Waals surface area contributed by atoms with E-state index >= 15 is 0 Å². The maximum absolute atomic E-state index is 12.2. The van der Waals surface area contributed by atoms with Crippen LogP contribution < -0.4 is 11.1 Å². The van der Waals surface area contributed by atoms with Gasteiger partial charge < -0.3 is 11.1 Å². The number of amides is 1. The summed E-state index contributed by atoms with van der Waals surface area (Å²) in [5.41, 5.74) is 8.34. The fourth-order valence-corrected chi connectivity index (χ4v) is 1.86. The molecule has 2 aromatic rings. The van der Waals surface area contributed by atoms with Gasteiger partial charge in [0.1, 0.15) is 0 Å². The Labute approximate surface area is 123 Å². The lowest BCUT2D eigenvalue weighted by atomic mass is 10.0. The third-order valence-corrected chi connectivity index (χ3v) is 2.96. The Kier molecular flexibility index (Phi) is 5.02. The van der Waals surface area contributed by atoms with Gasteiger partial charge in [-0.3, -0.25) is 4.79 Å². The van der Waals surface area contributed by atoms with Gasteiger partial charge in [0.25, 0.3) is 5.91 Å². The number of benzene rings is 1. The molecule has 1 heterocycles. The molecule has 0 spiro atoms. The molecule has 1 aromatic heterocycles. The Morgan fingerprint density at radius 1 is 1.33 bits per heavy atom. The van der Waals surface area contributed by atoms with Crippen molar-refractivity contribution < 1.29 is 4.79 Å². The summed E-state index contributed by atoms with van der Waals surface area (Å²) < 4.78 is 0. The van der Waals surface area contributed by atoms with Crippen LogP contribution in [0.25, 0.3) is 0 Å². The Morgan fingerprint density at radius 2 is 2.19 bits per heavy atom. The molecule has 1 amide bonds. The Morgan fingerprint density at radius 3 is 2.90 bits per heavy atom. The molecule has 0 unspecified atom stereocenters. The molecule has 0 bridgehead atoms. The smallest absolute Gasteiger partial charge is 0.251 e. The molecule has 0 fully saturated rings. The number of carbonyl (C=O) groups is 1. The van der Waals surface area contributed by atoms with Crippen LogP contribution in [0.4, 0.5) is 0 Å². The molecule has 0 aliphatic carbocycles. The van der Waals surface area contributed by atoms with Gasteiger partial charge in [0.05, 0.1) is 18.8 Å². The molecule has 0 aliphatic rings. The number of nitrogens with zero attached hydrogens (tertiary/aromatic N) is 2. The van der Waals surface area contributed by atoms with Crippen molar-refractivity contribution in [3.05, 3.63) is 58.9 Å². The standard InChI is InChI=1S/C16H16N4O/c1-12-13(6-3-9-17)5-2-8-15(12)16(21)18-11-14-7-4-10-19-20-14/h2,4-5,7-8,10H,9,11,17H2,1H3,(H,18,21). The summed E-state index contributed by atoms with van der Waals surface area (Å²) in [6.07, 6.45) is 1.59. The van der Waals surface area contributed by atoms with Crippen LogP contribution in [0.1, 0.15) is 27.2 Å². The van der Waals surface area contributed by atoms with Gasteiger partial charge in [0.15, 0.2) is 0 Å². The van der Waals surface area contributed by atoms with E-state index < -0.39 is 0 Å². The lowest BCUT2D eigenvalue weighted by Crippen LogP contribution is -2.24. The van der Waals surface area contributed by atoms with Crippen molar-refractivity contribution in [3.63, 3.8) is 0 Å². The summed E-state index contributed by atoms with van der Waals surface area (Å²) in [7, 11) is 0. The summed E-state index contributed by atoms with van der Waals surface area (Å²) in [5.74, 6) is 5.60. The van der Waals surface area contributed by atoms with E-state index in [9.17, 15) is 4.79 Å². The second kappa shape index (κ2) is 7.17. The average molecular weight is 280 g/mol. The van der Waals surface area contributed by atoms with E-state index in [0.717, 1.165) is 11.1 Å². The van der Waals surface area contributed by atoms with E-state index in [4.69, 9.17) is 5.73 Å². The van der Waals surface area contributed by atoms with Gasteiger partial charge in [-0.05, 0) is 36.8 Å². The van der Waals surface area contributed by atoms with Gasteiger partial charge in [-0.15, -0.1) is 0 Å². The molecule has 21 heavy (non-hydrogen) atoms. The highest BCUT2D eigenvalue weighted by molar-refractivity contribution is 5.96. The van der Waals surface area contributed by atoms with Gasteiger partial charge in [-0.25, -0.2) is 0 Å². The molecule has 3 N–H and O–H groups in total. The number of aromatic nitrogens is 2. The second-order valence-corrected chi connectivity index (χ2v) is 4.38. The summed E-state index contributed by atoms with van der Waals surface area (Å²) in [6, 6.07) is 9.04. The summed E-state index contributed by atoms with van der Waals surface area (Å²) in [5, 5.41) is 10.5. The lowest BCUT2D eigenvalue weighted by Gasteiger charge is -2.08. The fourth-order valence-electron chi connectivity index (χ4n) is 1.86. The molecule has 5 heteroatoms. The SMILES string of the molecule is Cc1c(C#CCN)cccc1C(=O)NCc1cccnn1. The average Bonchev–Trinajstić information content (AvgIpc) is 2.52. The first kappa shape index (κ1) is 14.7. The number of hydrogen-bond donors (Lipinski definition) is 2. The van der Waals surface area contributed by atoms with Gasteiger partial charge in [0.2, 0.25) is 0 Å². The van der Waals surface area contributed by atoms with Gasteiger partial charge in [-0.1, -0.05) is 17.9 Å². The maximum Gasteiger partial charge on any atom is 0.251 e. The molecule has 0 atom stereocenters. The number of nitrogens with one attached hydrogen (secondary N) is 1. The number of rotatable bonds is 3. The van der Waals surface area contributed by atoms with Crippen LogP contribution in [-0.2, 0) is 6.54 Å². The van der Waals surface area contributed by atoms with Crippen molar-refractivity contribution in [1.82, 2.24) is 15.5 Å². The van der Waals surface area contributed by atoms with Crippen molar-refractivity contribution in [1.29, 1.82) is 0 Å². The van der Waals surface area contributed by atoms with Crippen LogP contribution in [0.5, 0.6) is 0 Å². The highest BCUT2D eigenvalue weighted by atomic mass is 16.1. The molecular formula is C16H16N4O. The van der Waals surface area contributed by atoms with Crippen molar-refractivity contribution in [3.8, 4) is 11.8 Å². The van der Waals surface area contributed by atoms with Crippen LogP contribution in [0, 0.1) is 18.8 Å². The third-order valence-electron chi connectivity index (χ3n) is 2.96. The molecule has 0 saturated carbocycles. The van der Waals surface area contributed by atoms with Crippen LogP contribution in [0.3, 0.4) is 0 Å². The predicted molar refractivity (Wildman–Crippen MR) is 80.3 cm³/mol. The summed E-state index contributed by atoms with van der Waals surface area (Å²) in [6.45, 7) is 2.51. The minimum absolute atomic E-state index is 0.158. The lowest BCUT2D eigenvalue weighted by molar-refractivity contribution is 0.0949. The van der Waals surface area contributed by atoms with Crippen molar-refractivity contribution in [2.75, 3.05) is 6.54 Å². The van der Waals surface area contributed by atoms with Crippen molar-refractivity contribution >= 4 is 5.91 Å². The predicted octanol–water partition coefficient (Wildman–Crippen LogP) is 1.03. The van der Waals surface area contributed by atoms with Gasteiger partial charge in [-0.2, -0.15) is 10.2 Å². The van der Waals surface area contributed by atoms with E-state index in [-0.39, 0.29) is 5.91 Å². The summed E-state index contributed by atoms with van der Waals surface area (Å²) in [4.78, 5) is 12.2. The van der Waals surface area contributed by atoms with E-state index in [0.29, 0.717) is 24.3 Å². The zero-order valence-corrected chi connectivity index (χ0v) is 11.8. The number of hydrogen-bond acceptors (Lipinski definition) is 4. The topological polar surface area (TPSA) is 80.9 Å². The largest absolute Gasteiger partial charge is 0.346 e. The zero-order valence-electron chi connectivity index (χ0n) is 11.8. The van der Waals surface area contributed by atoms with Gasteiger partial charge in [0, 0.05) is 17.3 Å². The van der Waals surface area contributed by atoms with Gasteiger partial charge >= 0.3 is 0 Å². The first-order valence-corrected chi connectivity index (χ1v) is 6.55. The Bertz CT molecular complexity index is 686. The molecule has 0 saturated heterocycles. The maximum atomic E-state index is 12.2. The Balaban J connectivity index is 2.12. The Hall–Kier alpha value is -2.71. The normalized spacial score (nSPS) is 9.62. The fraction of sp³-hybridized carbons (Fsp3) is 0.188. The van der Waals surface area contributed by atoms with Crippen LogP contribution >= 0.6 is 0 Å². The molecule has 1 aromatic carbocycles. The monoisotopic (exact) mass is 280 g/mol. The molecule has 5 nitrogen and oxygen atoms in total. The van der Waals surface area contributed by atoms with E-state index in [1.165, 1.54) is 0 Å². The van der Waals surface area contributed by atoms with Crippen LogP contribution in [0.15, 0.2) is 36.5 Å². The van der Waals surface area contributed by atoms with E-state index in [1.807, 2.05) is 25.1 Å². The van der Waals surface area contributed by atoms with Crippen LogP contribution in [0.2, 0.25) is 0 Å². The minimum Gasteiger partial charge on any atom is -0.346 e. The minimum atomic E-state index is -0.158. The van der Waals surface area contributed by atoms with Crippen LogP contribution in [-0.4, -0.2) is 22.6 Å². The first-order chi connectivity index (χ1) is 10.2. The molecule has 106 valence electrons. The zero-order chi connectivity index (χ0) is 15.1. The number of nitrogens with two attached hydrogens (primary N) is 1. The highest BCUT2D eigenvalue weighted by Crippen LogP contribution is 2.13. The molecular weight excluding hydrogens is 264 g/mol. The highest BCUT2D eigenvalue weighted by Gasteiger charge is 2.10. The molecule has 2 rings (SSSR count). The van der Waals surface area contributed by atoms with Crippen molar-refractivity contribution in [2.45, 2.75) is 13.5 Å². The molecule has 0 radical (unpaired) electrons.